The van der Waals surface area contributed by atoms with Gasteiger partial charge in [0.25, 0.3) is 0 Å². The zero-order chi connectivity index (χ0) is 12.1. The van der Waals surface area contributed by atoms with Crippen LogP contribution in [0.2, 0.25) is 0 Å². The third kappa shape index (κ3) is 3.17. The fourth-order valence-electron chi connectivity index (χ4n) is 2.63. The van der Waals surface area contributed by atoms with E-state index in [1.165, 1.54) is 24.3 Å². The molecular formula is C14H21NOS. The van der Waals surface area contributed by atoms with Gasteiger partial charge in [-0.3, -0.25) is 0 Å². The van der Waals surface area contributed by atoms with Gasteiger partial charge in [-0.05, 0) is 48.9 Å². The lowest BCUT2D eigenvalue weighted by atomic mass is 9.83. The number of phenolic OH excluding ortho intramolecular Hbond substituents is 1. The second-order valence-corrected chi connectivity index (χ2v) is 5.85. The molecule has 3 heteroatoms. The van der Waals surface area contributed by atoms with Crippen molar-refractivity contribution in [3.63, 3.8) is 0 Å². The Morgan fingerprint density at radius 3 is 2.94 bits per heavy atom. The van der Waals surface area contributed by atoms with Gasteiger partial charge in [0.15, 0.2) is 0 Å². The van der Waals surface area contributed by atoms with E-state index < -0.39 is 0 Å². The Morgan fingerprint density at radius 1 is 1.47 bits per heavy atom. The molecule has 0 aliphatic carbocycles. The SMILES string of the molecule is CNCC(c1ccccc1O)C1CCCSC1. The Morgan fingerprint density at radius 2 is 2.29 bits per heavy atom. The van der Waals surface area contributed by atoms with E-state index in [1.807, 2.05) is 30.9 Å². The van der Waals surface area contributed by atoms with Crippen molar-refractivity contribution in [3.05, 3.63) is 29.8 Å². The van der Waals surface area contributed by atoms with Crippen molar-refractivity contribution in [2.75, 3.05) is 25.1 Å². The highest BCUT2D eigenvalue weighted by Crippen LogP contribution is 2.37. The van der Waals surface area contributed by atoms with Crippen molar-refractivity contribution >= 4 is 11.8 Å². The molecule has 2 unspecified atom stereocenters. The molecule has 2 nitrogen and oxygen atoms in total. The average molecular weight is 251 g/mol. The number of thioether (sulfide) groups is 1. The number of nitrogens with one attached hydrogen (secondary N) is 1. The summed E-state index contributed by atoms with van der Waals surface area (Å²) >= 11 is 2.05. The molecule has 1 aromatic rings. The highest BCUT2D eigenvalue weighted by atomic mass is 32.2. The minimum atomic E-state index is 0.439. The molecule has 2 atom stereocenters. The largest absolute Gasteiger partial charge is 0.508 e. The first-order chi connectivity index (χ1) is 8.33. The summed E-state index contributed by atoms with van der Waals surface area (Å²) in [6.07, 6.45) is 2.59. The summed E-state index contributed by atoms with van der Waals surface area (Å²) in [7, 11) is 1.99. The lowest BCUT2D eigenvalue weighted by Gasteiger charge is -2.30. The standard InChI is InChI=1S/C14H21NOS/c1-15-9-13(11-5-4-8-17-10-11)12-6-2-3-7-14(12)16/h2-3,6-7,11,13,15-16H,4-5,8-10H2,1H3. The second kappa shape index (κ2) is 6.31. The summed E-state index contributed by atoms with van der Waals surface area (Å²) in [5.41, 5.74) is 1.11. The predicted molar refractivity (Wildman–Crippen MR) is 74.8 cm³/mol. The van der Waals surface area contributed by atoms with Crippen molar-refractivity contribution in [1.29, 1.82) is 0 Å². The molecule has 0 aromatic heterocycles. The lowest BCUT2D eigenvalue weighted by molar-refractivity contribution is 0.392. The Kier molecular flexibility index (Phi) is 4.75. The molecule has 0 radical (unpaired) electrons. The number of benzene rings is 1. The Balaban J connectivity index is 2.18. The predicted octanol–water partition coefficient (Wildman–Crippen LogP) is 2.84. The molecule has 0 saturated carbocycles. The quantitative estimate of drug-likeness (QED) is 0.863. The van der Waals surface area contributed by atoms with Crippen molar-refractivity contribution in [2.45, 2.75) is 18.8 Å². The summed E-state index contributed by atoms with van der Waals surface area (Å²) in [6.45, 7) is 0.947. The van der Waals surface area contributed by atoms with E-state index in [1.54, 1.807) is 6.07 Å². The third-order valence-corrected chi connectivity index (χ3v) is 4.77. The molecule has 17 heavy (non-hydrogen) atoms. The fourth-order valence-corrected chi connectivity index (χ4v) is 3.87. The molecule has 2 N–H and O–H groups in total. The van der Waals surface area contributed by atoms with Crippen LogP contribution in [0.1, 0.15) is 24.3 Å². The van der Waals surface area contributed by atoms with E-state index in [2.05, 4.69) is 11.4 Å². The van der Waals surface area contributed by atoms with Crippen LogP contribution in [0.25, 0.3) is 0 Å². The smallest absolute Gasteiger partial charge is 0.119 e. The molecule has 1 aliphatic heterocycles. The van der Waals surface area contributed by atoms with Crippen LogP contribution in [0.3, 0.4) is 0 Å². The van der Waals surface area contributed by atoms with Gasteiger partial charge in [0.2, 0.25) is 0 Å². The molecule has 1 heterocycles. The van der Waals surface area contributed by atoms with Crippen LogP contribution in [0, 0.1) is 5.92 Å². The van der Waals surface area contributed by atoms with Gasteiger partial charge in [0.1, 0.15) is 5.75 Å². The van der Waals surface area contributed by atoms with Gasteiger partial charge in [-0.2, -0.15) is 11.8 Å². The molecular weight excluding hydrogens is 230 g/mol. The van der Waals surface area contributed by atoms with Crippen LogP contribution in [0.5, 0.6) is 5.75 Å². The minimum Gasteiger partial charge on any atom is -0.508 e. The number of likely N-dealkylation sites (N-methyl/N-ethyl adjacent to an activating group) is 1. The van der Waals surface area contributed by atoms with Gasteiger partial charge in [0, 0.05) is 12.5 Å². The van der Waals surface area contributed by atoms with Crippen molar-refractivity contribution in [1.82, 2.24) is 5.32 Å². The monoisotopic (exact) mass is 251 g/mol. The van der Waals surface area contributed by atoms with E-state index in [9.17, 15) is 5.11 Å². The van der Waals surface area contributed by atoms with E-state index in [-0.39, 0.29) is 0 Å². The van der Waals surface area contributed by atoms with Gasteiger partial charge < -0.3 is 10.4 Å². The molecule has 1 aliphatic rings. The molecule has 1 saturated heterocycles. The van der Waals surface area contributed by atoms with Crippen molar-refractivity contribution in [3.8, 4) is 5.75 Å². The van der Waals surface area contributed by atoms with Crippen LogP contribution in [-0.4, -0.2) is 30.2 Å². The molecule has 2 rings (SSSR count). The van der Waals surface area contributed by atoms with Crippen molar-refractivity contribution < 1.29 is 5.11 Å². The lowest BCUT2D eigenvalue weighted by Crippen LogP contribution is -2.27. The van der Waals surface area contributed by atoms with Crippen molar-refractivity contribution in [2.24, 2.45) is 5.92 Å². The van der Waals surface area contributed by atoms with Gasteiger partial charge in [0.05, 0.1) is 0 Å². The van der Waals surface area contributed by atoms with Gasteiger partial charge in [-0.25, -0.2) is 0 Å². The number of phenols is 1. The Hall–Kier alpha value is -0.670. The van der Waals surface area contributed by atoms with Gasteiger partial charge in [-0.1, -0.05) is 18.2 Å². The summed E-state index contributed by atoms with van der Waals surface area (Å²) < 4.78 is 0. The maximum absolute atomic E-state index is 10.0. The zero-order valence-electron chi connectivity index (χ0n) is 10.4. The highest BCUT2D eigenvalue weighted by molar-refractivity contribution is 7.99. The topological polar surface area (TPSA) is 32.3 Å². The Bertz CT molecular complexity index is 350. The first-order valence-corrected chi connectivity index (χ1v) is 7.48. The maximum Gasteiger partial charge on any atom is 0.119 e. The van der Waals surface area contributed by atoms with E-state index >= 15 is 0 Å². The van der Waals surface area contributed by atoms with E-state index in [0.29, 0.717) is 17.6 Å². The average Bonchev–Trinajstić information content (AvgIpc) is 2.38. The zero-order valence-corrected chi connectivity index (χ0v) is 11.2. The molecule has 94 valence electrons. The number of hydrogen-bond donors (Lipinski definition) is 2. The number of para-hydroxylation sites is 1. The minimum absolute atomic E-state index is 0.439. The van der Waals surface area contributed by atoms with Crippen LogP contribution in [0.4, 0.5) is 0 Å². The molecule has 0 spiro atoms. The number of rotatable bonds is 4. The molecule has 0 amide bonds. The normalized spacial score (nSPS) is 22.3. The summed E-state index contributed by atoms with van der Waals surface area (Å²) in [5.74, 6) is 4.09. The second-order valence-electron chi connectivity index (χ2n) is 4.70. The fraction of sp³-hybridized carbons (Fsp3) is 0.571. The summed E-state index contributed by atoms with van der Waals surface area (Å²) in [6, 6.07) is 7.78. The van der Waals surface area contributed by atoms with Crippen LogP contribution < -0.4 is 5.32 Å². The summed E-state index contributed by atoms with van der Waals surface area (Å²) in [4.78, 5) is 0. The van der Waals surface area contributed by atoms with Gasteiger partial charge in [-0.15, -0.1) is 0 Å². The third-order valence-electron chi connectivity index (χ3n) is 3.52. The van der Waals surface area contributed by atoms with Crippen LogP contribution >= 0.6 is 11.8 Å². The van der Waals surface area contributed by atoms with E-state index in [0.717, 1.165) is 12.1 Å². The van der Waals surface area contributed by atoms with Crippen LogP contribution in [-0.2, 0) is 0 Å². The first-order valence-electron chi connectivity index (χ1n) is 6.33. The molecule has 1 aromatic carbocycles. The van der Waals surface area contributed by atoms with Gasteiger partial charge >= 0.3 is 0 Å². The number of hydrogen-bond acceptors (Lipinski definition) is 3. The first kappa shape index (κ1) is 12.8. The van der Waals surface area contributed by atoms with E-state index in [4.69, 9.17) is 0 Å². The molecule has 0 bridgehead atoms. The molecule has 1 fully saturated rings. The van der Waals surface area contributed by atoms with Crippen LogP contribution in [0.15, 0.2) is 24.3 Å². The number of aromatic hydroxyl groups is 1. The Labute approximate surface area is 108 Å². The highest BCUT2D eigenvalue weighted by Gasteiger charge is 2.26. The summed E-state index contributed by atoms with van der Waals surface area (Å²) in [5, 5.41) is 13.3. The maximum atomic E-state index is 10.0.